The summed E-state index contributed by atoms with van der Waals surface area (Å²) in [6.45, 7) is 8.30. The van der Waals surface area contributed by atoms with Gasteiger partial charge in [-0.3, -0.25) is 9.69 Å². The topological polar surface area (TPSA) is 41.6 Å². The molecule has 2 fully saturated rings. The highest BCUT2D eigenvalue weighted by Gasteiger charge is 2.34. The Hall–Kier alpha value is -0.610. The van der Waals surface area contributed by atoms with Crippen LogP contribution in [0, 0.1) is 0 Å². The predicted octanol–water partition coefficient (Wildman–Crippen LogP) is 1.15. The minimum absolute atomic E-state index is 0.151. The van der Waals surface area contributed by atoms with Crippen LogP contribution in [0.3, 0.4) is 0 Å². The summed E-state index contributed by atoms with van der Waals surface area (Å²) in [4.78, 5) is 14.1. The molecule has 98 valence electrons. The van der Waals surface area contributed by atoms with Crippen molar-refractivity contribution in [1.82, 2.24) is 10.2 Å². The van der Waals surface area contributed by atoms with Crippen molar-refractivity contribution in [1.29, 1.82) is 0 Å². The quantitative estimate of drug-likeness (QED) is 0.749. The summed E-state index contributed by atoms with van der Waals surface area (Å²) in [5.74, 6) is -0.151. The lowest BCUT2D eigenvalue weighted by molar-refractivity contribution is -0.153. The molecule has 2 aliphatic rings. The van der Waals surface area contributed by atoms with Crippen molar-refractivity contribution in [2.75, 3.05) is 19.6 Å². The summed E-state index contributed by atoms with van der Waals surface area (Å²) >= 11 is 0. The van der Waals surface area contributed by atoms with Crippen LogP contribution in [0.25, 0.3) is 0 Å². The van der Waals surface area contributed by atoms with Crippen molar-refractivity contribution in [2.45, 2.75) is 57.7 Å². The first-order valence-electron chi connectivity index (χ1n) is 6.63. The lowest BCUT2D eigenvalue weighted by atomic mass is 10.2. The SMILES string of the molecule is CC(C)(C)OC(=O)CNC1CCN(C2CC2)C1. The number of nitrogens with zero attached hydrogens (tertiary/aromatic N) is 1. The fourth-order valence-corrected chi connectivity index (χ4v) is 2.33. The molecule has 4 heteroatoms. The summed E-state index contributed by atoms with van der Waals surface area (Å²) in [6.07, 6.45) is 3.87. The van der Waals surface area contributed by atoms with Gasteiger partial charge in [-0.25, -0.2) is 0 Å². The van der Waals surface area contributed by atoms with Crippen molar-refractivity contribution in [2.24, 2.45) is 0 Å². The van der Waals surface area contributed by atoms with Crippen molar-refractivity contribution in [3.63, 3.8) is 0 Å². The van der Waals surface area contributed by atoms with E-state index in [1.165, 1.54) is 19.4 Å². The molecule has 0 aromatic carbocycles. The molecular weight excluding hydrogens is 216 g/mol. The third kappa shape index (κ3) is 4.28. The Morgan fingerprint density at radius 3 is 2.65 bits per heavy atom. The average molecular weight is 240 g/mol. The molecule has 1 heterocycles. The van der Waals surface area contributed by atoms with E-state index in [4.69, 9.17) is 4.74 Å². The summed E-state index contributed by atoms with van der Waals surface area (Å²) in [6, 6.07) is 1.30. The van der Waals surface area contributed by atoms with E-state index in [1.807, 2.05) is 20.8 Å². The van der Waals surface area contributed by atoms with Crippen LogP contribution in [-0.4, -0.2) is 48.2 Å². The number of esters is 1. The molecule has 1 N–H and O–H groups in total. The molecule has 1 aliphatic carbocycles. The van der Waals surface area contributed by atoms with Gasteiger partial charge in [-0.05, 0) is 40.0 Å². The maximum absolute atomic E-state index is 11.5. The molecule has 1 saturated carbocycles. The molecule has 2 rings (SSSR count). The van der Waals surface area contributed by atoms with E-state index < -0.39 is 0 Å². The Kier molecular flexibility index (Phi) is 3.73. The molecule has 1 aliphatic heterocycles. The molecular formula is C13H24N2O2. The van der Waals surface area contributed by atoms with Gasteiger partial charge in [0.25, 0.3) is 0 Å². The van der Waals surface area contributed by atoms with Gasteiger partial charge >= 0.3 is 5.97 Å². The highest BCUT2D eigenvalue weighted by Crippen LogP contribution is 2.29. The number of carbonyl (C=O) groups excluding carboxylic acids is 1. The second kappa shape index (κ2) is 4.94. The molecule has 4 nitrogen and oxygen atoms in total. The van der Waals surface area contributed by atoms with E-state index in [9.17, 15) is 4.79 Å². The van der Waals surface area contributed by atoms with Crippen LogP contribution in [0.4, 0.5) is 0 Å². The van der Waals surface area contributed by atoms with Gasteiger partial charge in [0, 0.05) is 25.2 Å². The fraction of sp³-hybridized carbons (Fsp3) is 0.923. The van der Waals surface area contributed by atoms with Gasteiger partial charge in [-0.15, -0.1) is 0 Å². The molecule has 1 saturated heterocycles. The third-order valence-corrected chi connectivity index (χ3v) is 3.24. The number of rotatable bonds is 4. The number of ether oxygens (including phenoxy) is 1. The van der Waals surface area contributed by atoms with Crippen LogP contribution < -0.4 is 5.32 Å². The Morgan fingerprint density at radius 2 is 2.06 bits per heavy atom. The van der Waals surface area contributed by atoms with Crippen molar-refractivity contribution in [3.05, 3.63) is 0 Å². The van der Waals surface area contributed by atoms with Crippen molar-refractivity contribution >= 4 is 5.97 Å². The molecule has 0 spiro atoms. The van der Waals surface area contributed by atoms with Crippen LogP contribution in [0.2, 0.25) is 0 Å². The van der Waals surface area contributed by atoms with Crippen LogP contribution in [-0.2, 0) is 9.53 Å². The van der Waals surface area contributed by atoms with E-state index in [2.05, 4.69) is 10.2 Å². The predicted molar refractivity (Wildman–Crippen MR) is 66.8 cm³/mol. The number of likely N-dealkylation sites (tertiary alicyclic amines) is 1. The van der Waals surface area contributed by atoms with Crippen molar-refractivity contribution < 1.29 is 9.53 Å². The van der Waals surface area contributed by atoms with Gasteiger partial charge in [0.1, 0.15) is 5.60 Å². The van der Waals surface area contributed by atoms with E-state index in [1.54, 1.807) is 0 Å². The lowest BCUT2D eigenvalue weighted by Crippen LogP contribution is -2.38. The number of carbonyl (C=O) groups is 1. The fourth-order valence-electron chi connectivity index (χ4n) is 2.33. The van der Waals surface area contributed by atoms with Crippen LogP contribution in [0.1, 0.15) is 40.0 Å². The number of hydrogen-bond acceptors (Lipinski definition) is 4. The maximum atomic E-state index is 11.5. The van der Waals surface area contributed by atoms with Gasteiger partial charge in [0.15, 0.2) is 0 Å². The molecule has 0 amide bonds. The number of hydrogen-bond donors (Lipinski definition) is 1. The zero-order valence-corrected chi connectivity index (χ0v) is 11.2. The van der Waals surface area contributed by atoms with Crippen LogP contribution >= 0.6 is 0 Å². The second-order valence-electron chi connectivity index (χ2n) is 6.18. The van der Waals surface area contributed by atoms with E-state index in [-0.39, 0.29) is 11.6 Å². The molecule has 0 aromatic heterocycles. The lowest BCUT2D eigenvalue weighted by Gasteiger charge is -2.20. The van der Waals surface area contributed by atoms with Crippen LogP contribution in [0.5, 0.6) is 0 Å². The Balaban J connectivity index is 1.63. The summed E-state index contributed by atoms with van der Waals surface area (Å²) in [7, 11) is 0. The molecule has 0 aromatic rings. The molecule has 1 unspecified atom stereocenters. The second-order valence-corrected chi connectivity index (χ2v) is 6.18. The molecule has 0 bridgehead atoms. The Morgan fingerprint density at radius 1 is 1.35 bits per heavy atom. The smallest absolute Gasteiger partial charge is 0.320 e. The maximum Gasteiger partial charge on any atom is 0.320 e. The summed E-state index contributed by atoms with van der Waals surface area (Å²) in [5.41, 5.74) is -0.380. The first kappa shape index (κ1) is 12.8. The monoisotopic (exact) mass is 240 g/mol. The first-order valence-corrected chi connectivity index (χ1v) is 6.63. The van der Waals surface area contributed by atoms with Gasteiger partial charge in [0.05, 0.1) is 6.54 Å². The third-order valence-electron chi connectivity index (χ3n) is 3.24. The van der Waals surface area contributed by atoms with Gasteiger partial charge in [0.2, 0.25) is 0 Å². The normalized spacial score (nSPS) is 26.2. The van der Waals surface area contributed by atoms with Gasteiger partial charge in [-0.1, -0.05) is 0 Å². The zero-order chi connectivity index (χ0) is 12.5. The van der Waals surface area contributed by atoms with Gasteiger partial charge in [-0.2, -0.15) is 0 Å². The van der Waals surface area contributed by atoms with Crippen molar-refractivity contribution in [3.8, 4) is 0 Å². The van der Waals surface area contributed by atoms with E-state index in [0.717, 1.165) is 19.0 Å². The van der Waals surface area contributed by atoms with Gasteiger partial charge < -0.3 is 10.1 Å². The minimum atomic E-state index is -0.380. The Bertz CT molecular complexity index is 282. The molecule has 1 atom stereocenters. The largest absolute Gasteiger partial charge is 0.459 e. The average Bonchev–Trinajstić information content (AvgIpc) is 2.93. The highest BCUT2D eigenvalue weighted by molar-refractivity contribution is 5.72. The number of nitrogens with one attached hydrogen (secondary N) is 1. The summed E-state index contributed by atoms with van der Waals surface area (Å²) < 4.78 is 5.27. The Labute approximate surface area is 104 Å². The first-order chi connectivity index (χ1) is 7.94. The van der Waals surface area contributed by atoms with Crippen LogP contribution in [0.15, 0.2) is 0 Å². The summed E-state index contributed by atoms with van der Waals surface area (Å²) in [5, 5.41) is 3.30. The standard InChI is InChI=1S/C13H24N2O2/c1-13(2,3)17-12(16)8-14-10-6-7-15(9-10)11-4-5-11/h10-11,14H,4-9H2,1-3H3. The van der Waals surface area contributed by atoms with E-state index >= 15 is 0 Å². The van der Waals surface area contributed by atoms with E-state index in [0.29, 0.717) is 12.6 Å². The molecule has 0 radical (unpaired) electrons. The minimum Gasteiger partial charge on any atom is -0.459 e. The zero-order valence-electron chi connectivity index (χ0n) is 11.2. The molecule has 17 heavy (non-hydrogen) atoms. The highest BCUT2D eigenvalue weighted by atomic mass is 16.6.